The molecular formula is C13H8BrNO2. The van der Waals surface area contributed by atoms with E-state index in [4.69, 9.17) is 0 Å². The van der Waals surface area contributed by atoms with Gasteiger partial charge in [0.1, 0.15) is 5.69 Å². The minimum atomic E-state index is -0.207. The van der Waals surface area contributed by atoms with Crippen LogP contribution in [0, 0.1) is 4.91 Å². The maximum absolute atomic E-state index is 12.2. The molecule has 2 aromatic rings. The number of rotatable bonds is 3. The maximum Gasteiger partial charge on any atom is 0.195 e. The lowest BCUT2D eigenvalue weighted by molar-refractivity contribution is 0.103. The fourth-order valence-corrected chi connectivity index (χ4v) is 1.88. The fraction of sp³-hybridized carbons (Fsp3) is 0. The summed E-state index contributed by atoms with van der Waals surface area (Å²) in [4.78, 5) is 22.8. The van der Waals surface area contributed by atoms with Gasteiger partial charge in [-0.1, -0.05) is 46.3 Å². The normalized spacial score (nSPS) is 9.94. The zero-order chi connectivity index (χ0) is 12.3. The van der Waals surface area contributed by atoms with Crippen molar-refractivity contribution in [2.75, 3.05) is 0 Å². The minimum absolute atomic E-state index is 0.155. The number of hydrogen-bond donors (Lipinski definition) is 0. The summed E-state index contributed by atoms with van der Waals surface area (Å²) >= 11 is 3.27. The van der Waals surface area contributed by atoms with Gasteiger partial charge in [-0.15, -0.1) is 4.91 Å². The van der Waals surface area contributed by atoms with Crippen LogP contribution in [-0.2, 0) is 0 Å². The minimum Gasteiger partial charge on any atom is -0.289 e. The average Bonchev–Trinajstić information content (AvgIpc) is 2.39. The first kappa shape index (κ1) is 11.7. The largest absolute Gasteiger partial charge is 0.289 e. The zero-order valence-electron chi connectivity index (χ0n) is 8.76. The van der Waals surface area contributed by atoms with Gasteiger partial charge in [0.25, 0.3) is 0 Å². The van der Waals surface area contributed by atoms with Gasteiger partial charge in [-0.3, -0.25) is 4.79 Å². The van der Waals surface area contributed by atoms with Crippen molar-refractivity contribution in [3.8, 4) is 0 Å². The molecule has 84 valence electrons. The summed E-state index contributed by atoms with van der Waals surface area (Å²) in [5.41, 5.74) is 0.998. The second-order valence-electron chi connectivity index (χ2n) is 3.45. The van der Waals surface area contributed by atoms with E-state index in [1.165, 1.54) is 6.07 Å². The maximum atomic E-state index is 12.2. The highest BCUT2D eigenvalue weighted by molar-refractivity contribution is 9.10. The number of nitroso groups, excluding NO2 is 1. The van der Waals surface area contributed by atoms with Crippen LogP contribution in [0.2, 0.25) is 0 Å². The summed E-state index contributed by atoms with van der Waals surface area (Å²) in [6, 6.07) is 13.6. The van der Waals surface area contributed by atoms with Crippen LogP contribution in [0.25, 0.3) is 0 Å². The summed E-state index contributed by atoms with van der Waals surface area (Å²) < 4.78 is 0.740. The summed E-state index contributed by atoms with van der Waals surface area (Å²) in [5, 5.41) is 2.87. The predicted octanol–water partition coefficient (Wildman–Crippen LogP) is 4.08. The highest BCUT2D eigenvalue weighted by Gasteiger charge is 2.14. The summed E-state index contributed by atoms with van der Waals surface area (Å²) in [6.07, 6.45) is 0. The number of ketones is 1. The van der Waals surface area contributed by atoms with Gasteiger partial charge in [0, 0.05) is 10.0 Å². The highest BCUT2D eigenvalue weighted by Crippen LogP contribution is 2.25. The van der Waals surface area contributed by atoms with Crippen LogP contribution >= 0.6 is 15.9 Å². The van der Waals surface area contributed by atoms with Crippen LogP contribution in [0.3, 0.4) is 0 Å². The van der Waals surface area contributed by atoms with E-state index in [-0.39, 0.29) is 11.5 Å². The number of halogens is 1. The van der Waals surface area contributed by atoms with E-state index < -0.39 is 0 Å². The Bertz CT molecular complexity index is 567. The fourth-order valence-electron chi connectivity index (χ4n) is 1.51. The van der Waals surface area contributed by atoms with Crippen molar-refractivity contribution in [3.05, 3.63) is 69.0 Å². The van der Waals surface area contributed by atoms with Gasteiger partial charge >= 0.3 is 0 Å². The molecule has 17 heavy (non-hydrogen) atoms. The molecule has 2 aromatic carbocycles. The number of benzene rings is 2. The summed E-state index contributed by atoms with van der Waals surface area (Å²) in [5.74, 6) is -0.207. The number of hydrogen-bond acceptors (Lipinski definition) is 3. The lowest BCUT2D eigenvalue weighted by Gasteiger charge is -2.03. The van der Waals surface area contributed by atoms with Gasteiger partial charge in [-0.2, -0.15) is 0 Å². The van der Waals surface area contributed by atoms with Gasteiger partial charge in [0.2, 0.25) is 0 Å². The zero-order valence-corrected chi connectivity index (χ0v) is 10.3. The summed E-state index contributed by atoms with van der Waals surface area (Å²) in [6.45, 7) is 0. The molecule has 0 spiro atoms. The van der Waals surface area contributed by atoms with Gasteiger partial charge in [0.15, 0.2) is 5.78 Å². The first-order valence-electron chi connectivity index (χ1n) is 4.95. The monoisotopic (exact) mass is 289 g/mol. The van der Waals surface area contributed by atoms with Gasteiger partial charge in [0.05, 0.1) is 5.56 Å². The molecule has 0 atom stereocenters. The smallest absolute Gasteiger partial charge is 0.195 e. The van der Waals surface area contributed by atoms with Crippen molar-refractivity contribution in [2.45, 2.75) is 0 Å². The second kappa shape index (κ2) is 5.01. The number of carbonyl (C=O) groups is 1. The topological polar surface area (TPSA) is 46.5 Å². The van der Waals surface area contributed by atoms with Gasteiger partial charge in [-0.05, 0) is 23.4 Å². The molecule has 0 saturated heterocycles. The molecule has 2 rings (SSSR count). The Hall–Kier alpha value is -1.81. The van der Waals surface area contributed by atoms with Crippen LogP contribution in [-0.4, -0.2) is 5.78 Å². The Morgan fingerprint density at radius 2 is 1.76 bits per heavy atom. The molecule has 0 aliphatic rings. The molecule has 0 amide bonds. The average molecular weight is 290 g/mol. The van der Waals surface area contributed by atoms with E-state index in [0.29, 0.717) is 11.1 Å². The van der Waals surface area contributed by atoms with E-state index in [0.717, 1.165) is 4.47 Å². The molecule has 4 heteroatoms. The number of nitrogens with zero attached hydrogens (tertiary/aromatic N) is 1. The molecule has 0 saturated carbocycles. The lowest BCUT2D eigenvalue weighted by Crippen LogP contribution is -2.01. The van der Waals surface area contributed by atoms with Crippen molar-refractivity contribution in [1.29, 1.82) is 0 Å². The molecule has 0 N–H and O–H groups in total. The molecule has 0 aliphatic carbocycles. The second-order valence-corrected chi connectivity index (χ2v) is 4.36. The lowest BCUT2D eigenvalue weighted by atomic mass is 10.0. The Morgan fingerprint density at radius 1 is 1.06 bits per heavy atom. The molecule has 0 aromatic heterocycles. The molecule has 0 bridgehead atoms. The Balaban J connectivity index is 2.50. The van der Waals surface area contributed by atoms with E-state index in [1.807, 2.05) is 6.07 Å². The van der Waals surface area contributed by atoms with Crippen molar-refractivity contribution in [1.82, 2.24) is 0 Å². The SMILES string of the molecule is O=Nc1ccc(Br)cc1C(=O)c1ccccc1. The Morgan fingerprint density at radius 3 is 2.41 bits per heavy atom. The first-order chi connectivity index (χ1) is 8.22. The number of carbonyl (C=O) groups excluding carboxylic acids is 1. The van der Waals surface area contributed by atoms with Gasteiger partial charge < -0.3 is 0 Å². The molecule has 0 unspecified atom stereocenters. The van der Waals surface area contributed by atoms with Crippen LogP contribution in [0.4, 0.5) is 5.69 Å². The van der Waals surface area contributed by atoms with E-state index >= 15 is 0 Å². The van der Waals surface area contributed by atoms with E-state index in [1.54, 1.807) is 36.4 Å². The van der Waals surface area contributed by atoms with Crippen LogP contribution in [0.1, 0.15) is 15.9 Å². The van der Waals surface area contributed by atoms with E-state index in [2.05, 4.69) is 21.1 Å². The van der Waals surface area contributed by atoms with Crippen LogP contribution in [0.15, 0.2) is 58.2 Å². The molecule has 0 heterocycles. The highest BCUT2D eigenvalue weighted by atomic mass is 79.9. The van der Waals surface area contributed by atoms with Crippen molar-refractivity contribution >= 4 is 27.4 Å². The van der Waals surface area contributed by atoms with Gasteiger partial charge in [-0.25, -0.2) is 0 Å². The third kappa shape index (κ3) is 2.47. The van der Waals surface area contributed by atoms with Crippen molar-refractivity contribution in [2.24, 2.45) is 5.18 Å². The van der Waals surface area contributed by atoms with Crippen LogP contribution < -0.4 is 0 Å². The Kier molecular flexibility index (Phi) is 3.44. The predicted molar refractivity (Wildman–Crippen MR) is 69.5 cm³/mol. The summed E-state index contributed by atoms with van der Waals surface area (Å²) in [7, 11) is 0. The van der Waals surface area contributed by atoms with E-state index in [9.17, 15) is 9.70 Å². The quantitative estimate of drug-likeness (QED) is 0.631. The first-order valence-corrected chi connectivity index (χ1v) is 5.74. The standard InChI is InChI=1S/C13H8BrNO2/c14-10-6-7-12(15-17)11(8-10)13(16)9-4-2-1-3-5-9/h1-8H. The van der Waals surface area contributed by atoms with Crippen LogP contribution in [0.5, 0.6) is 0 Å². The molecule has 0 fully saturated rings. The van der Waals surface area contributed by atoms with Crippen molar-refractivity contribution < 1.29 is 4.79 Å². The molecule has 0 radical (unpaired) electrons. The molecule has 3 nitrogen and oxygen atoms in total. The molecular weight excluding hydrogens is 282 g/mol. The third-order valence-electron chi connectivity index (χ3n) is 2.34. The Labute approximate surface area is 107 Å². The molecule has 0 aliphatic heterocycles. The van der Waals surface area contributed by atoms with Crippen molar-refractivity contribution in [3.63, 3.8) is 0 Å². The third-order valence-corrected chi connectivity index (χ3v) is 2.83.